The number of alkyl halides is 3. The zero-order valence-corrected chi connectivity index (χ0v) is 10.8. The molecule has 0 aromatic carbocycles. The Hall–Kier alpha value is -1.79. The van der Waals surface area contributed by atoms with Gasteiger partial charge < -0.3 is 11.1 Å². The smallest absolute Gasteiger partial charge is 0.391 e. The molecule has 0 bridgehead atoms. The van der Waals surface area contributed by atoms with Crippen LogP contribution >= 0.6 is 0 Å². The second-order valence-electron chi connectivity index (χ2n) is 5.04. The van der Waals surface area contributed by atoms with Crippen molar-refractivity contribution in [2.45, 2.75) is 31.9 Å². The van der Waals surface area contributed by atoms with E-state index in [1.165, 1.54) is 12.4 Å². The Morgan fingerprint density at radius 3 is 2.50 bits per heavy atom. The molecule has 3 N–H and O–H groups in total. The van der Waals surface area contributed by atoms with Crippen LogP contribution in [0.2, 0.25) is 0 Å². The van der Waals surface area contributed by atoms with Gasteiger partial charge in [-0.05, 0) is 31.7 Å². The number of anilines is 2. The fourth-order valence-electron chi connectivity index (χ4n) is 2.44. The van der Waals surface area contributed by atoms with Crippen molar-refractivity contribution in [3.05, 3.63) is 18.5 Å². The molecule has 1 heterocycles. The van der Waals surface area contributed by atoms with Gasteiger partial charge in [-0.3, -0.25) is 9.78 Å². The highest BCUT2D eigenvalue weighted by molar-refractivity contribution is 5.95. The SMILES string of the molecule is Nc1cnccc1NC(=O)C1CCC(C(F)(F)F)CC1. The van der Waals surface area contributed by atoms with Crippen molar-refractivity contribution >= 4 is 17.3 Å². The summed E-state index contributed by atoms with van der Waals surface area (Å²) >= 11 is 0. The summed E-state index contributed by atoms with van der Waals surface area (Å²) < 4.78 is 37.6. The molecule has 0 saturated heterocycles. The Morgan fingerprint density at radius 1 is 1.30 bits per heavy atom. The van der Waals surface area contributed by atoms with E-state index in [2.05, 4.69) is 10.3 Å². The second kappa shape index (κ2) is 5.68. The fraction of sp³-hybridized carbons (Fsp3) is 0.538. The molecule has 0 spiro atoms. The number of halogens is 3. The number of nitrogens with zero attached hydrogens (tertiary/aromatic N) is 1. The van der Waals surface area contributed by atoms with Crippen molar-refractivity contribution in [2.24, 2.45) is 11.8 Å². The van der Waals surface area contributed by atoms with Gasteiger partial charge in [0.1, 0.15) is 0 Å². The van der Waals surface area contributed by atoms with Gasteiger partial charge in [-0.2, -0.15) is 13.2 Å². The summed E-state index contributed by atoms with van der Waals surface area (Å²) in [4.78, 5) is 15.8. The summed E-state index contributed by atoms with van der Waals surface area (Å²) in [6.45, 7) is 0. The predicted molar refractivity (Wildman–Crippen MR) is 68.8 cm³/mol. The summed E-state index contributed by atoms with van der Waals surface area (Å²) in [5, 5.41) is 2.65. The Balaban J connectivity index is 1.91. The minimum Gasteiger partial charge on any atom is -0.396 e. The van der Waals surface area contributed by atoms with E-state index >= 15 is 0 Å². The molecule has 1 fully saturated rings. The first-order valence-electron chi connectivity index (χ1n) is 6.45. The number of pyridine rings is 1. The van der Waals surface area contributed by atoms with Crippen LogP contribution in [0.5, 0.6) is 0 Å². The summed E-state index contributed by atoms with van der Waals surface area (Å²) in [7, 11) is 0. The van der Waals surface area contributed by atoms with Gasteiger partial charge in [0.15, 0.2) is 0 Å². The average Bonchev–Trinajstić information content (AvgIpc) is 2.40. The number of carbonyl (C=O) groups excluding carboxylic acids is 1. The molecule has 0 aliphatic heterocycles. The standard InChI is InChI=1S/C13H16F3N3O/c14-13(15,16)9-3-1-8(2-4-9)12(20)19-11-5-6-18-7-10(11)17/h5-9H,1-4,17H2,(H,18,19,20). The van der Waals surface area contributed by atoms with Crippen molar-refractivity contribution in [3.63, 3.8) is 0 Å². The number of carbonyl (C=O) groups is 1. The van der Waals surface area contributed by atoms with Crippen LogP contribution in [-0.2, 0) is 4.79 Å². The third-order valence-corrected chi connectivity index (χ3v) is 3.67. The Kier molecular flexibility index (Phi) is 4.15. The second-order valence-corrected chi connectivity index (χ2v) is 5.04. The molecule has 1 amide bonds. The van der Waals surface area contributed by atoms with E-state index < -0.39 is 12.1 Å². The molecule has 1 aromatic rings. The highest BCUT2D eigenvalue weighted by atomic mass is 19.4. The third-order valence-electron chi connectivity index (χ3n) is 3.67. The molecule has 110 valence electrons. The minimum atomic E-state index is -4.16. The van der Waals surface area contributed by atoms with Crippen molar-refractivity contribution in [2.75, 3.05) is 11.1 Å². The number of amides is 1. The molecule has 1 saturated carbocycles. The zero-order chi connectivity index (χ0) is 14.8. The molecule has 1 aromatic heterocycles. The Bertz CT molecular complexity index is 482. The van der Waals surface area contributed by atoms with Crippen molar-refractivity contribution in [3.8, 4) is 0 Å². The Morgan fingerprint density at radius 2 is 1.95 bits per heavy atom. The molecule has 2 rings (SSSR count). The number of rotatable bonds is 2. The van der Waals surface area contributed by atoms with Crippen LogP contribution < -0.4 is 11.1 Å². The monoisotopic (exact) mass is 287 g/mol. The van der Waals surface area contributed by atoms with Crippen molar-refractivity contribution in [1.82, 2.24) is 4.98 Å². The van der Waals surface area contributed by atoms with Gasteiger partial charge in [-0.1, -0.05) is 0 Å². The number of nitrogens with two attached hydrogens (primary N) is 1. The van der Waals surface area contributed by atoms with Crippen LogP contribution in [0.25, 0.3) is 0 Å². The van der Waals surface area contributed by atoms with Gasteiger partial charge in [0, 0.05) is 12.1 Å². The number of hydrogen-bond donors (Lipinski definition) is 2. The van der Waals surface area contributed by atoms with Gasteiger partial charge in [-0.25, -0.2) is 0 Å². The molecular formula is C13H16F3N3O. The van der Waals surface area contributed by atoms with Crippen molar-refractivity contribution in [1.29, 1.82) is 0 Å². The maximum atomic E-state index is 12.5. The average molecular weight is 287 g/mol. The van der Waals surface area contributed by atoms with Gasteiger partial charge >= 0.3 is 6.18 Å². The predicted octanol–water partition coefficient (Wildman–Crippen LogP) is 2.97. The summed E-state index contributed by atoms with van der Waals surface area (Å²) in [5.74, 6) is -1.94. The first kappa shape index (κ1) is 14.6. The molecule has 20 heavy (non-hydrogen) atoms. The van der Waals surface area contributed by atoms with E-state index in [0.29, 0.717) is 11.4 Å². The summed E-state index contributed by atoms with van der Waals surface area (Å²) in [6.07, 6.45) is -0.734. The highest BCUT2D eigenvalue weighted by Gasteiger charge is 2.42. The summed E-state index contributed by atoms with van der Waals surface area (Å²) in [6, 6.07) is 1.56. The lowest BCUT2D eigenvalue weighted by Gasteiger charge is -2.29. The molecule has 0 atom stereocenters. The van der Waals surface area contributed by atoms with E-state index in [4.69, 9.17) is 5.73 Å². The van der Waals surface area contributed by atoms with Gasteiger partial charge in [-0.15, -0.1) is 0 Å². The normalized spacial score (nSPS) is 23.4. The maximum Gasteiger partial charge on any atom is 0.391 e. The van der Waals surface area contributed by atoms with Crippen LogP contribution in [0.15, 0.2) is 18.5 Å². The quantitative estimate of drug-likeness (QED) is 0.878. The molecule has 0 radical (unpaired) electrons. The van der Waals surface area contributed by atoms with E-state index in [1.807, 2.05) is 0 Å². The van der Waals surface area contributed by atoms with E-state index in [0.717, 1.165) is 0 Å². The lowest BCUT2D eigenvalue weighted by Crippen LogP contribution is -2.32. The number of nitrogen functional groups attached to an aromatic ring is 1. The molecule has 1 aliphatic rings. The van der Waals surface area contributed by atoms with Crippen LogP contribution in [0.4, 0.5) is 24.5 Å². The lowest BCUT2D eigenvalue weighted by molar-refractivity contribution is -0.184. The maximum absolute atomic E-state index is 12.5. The minimum absolute atomic E-state index is 0.00736. The van der Waals surface area contributed by atoms with Crippen LogP contribution in [0.1, 0.15) is 25.7 Å². The van der Waals surface area contributed by atoms with Crippen LogP contribution in [0.3, 0.4) is 0 Å². The van der Waals surface area contributed by atoms with Crippen LogP contribution in [0, 0.1) is 11.8 Å². The first-order valence-corrected chi connectivity index (χ1v) is 6.45. The third kappa shape index (κ3) is 3.40. The van der Waals surface area contributed by atoms with Crippen molar-refractivity contribution < 1.29 is 18.0 Å². The highest BCUT2D eigenvalue weighted by Crippen LogP contribution is 2.39. The number of hydrogen-bond acceptors (Lipinski definition) is 3. The lowest BCUT2D eigenvalue weighted by atomic mass is 9.81. The fourth-order valence-corrected chi connectivity index (χ4v) is 2.44. The molecule has 0 unspecified atom stereocenters. The molecule has 1 aliphatic carbocycles. The topological polar surface area (TPSA) is 68.0 Å². The molecular weight excluding hydrogens is 271 g/mol. The molecule has 7 heteroatoms. The Labute approximate surface area is 114 Å². The van der Waals surface area contributed by atoms with E-state index in [9.17, 15) is 18.0 Å². The van der Waals surface area contributed by atoms with Gasteiger partial charge in [0.2, 0.25) is 5.91 Å². The largest absolute Gasteiger partial charge is 0.396 e. The van der Waals surface area contributed by atoms with E-state index in [-0.39, 0.29) is 37.5 Å². The molecule has 4 nitrogen and oxygen atoms in total. The number of nitrogens with one attached hydrogen (secondary N) is 1. The summed E-state index contributed by atoms with van der Waals surface area (Å²) in [5.41, 5.74) is 6.44. The zero-order valence-electron chi connectivity index (χ0n) is 10.8. The van der Waals surface area contributed by atoms with Gasteiger partial charge in [0.25, 0.3) is 0 Å². The van der Waals surface area contributed by atoms with Crippen LogP contribution in [-0.4, -0.2) is 17.1 Å². The van der Waals surface area contributed by atoms with Gasteiger partial charge in [0.05, 0.1) is 23.5 Å². The first-order chi connectivity index (χ1) is 9.38. The number of aromatic nitrogens is 1. The van der Waals surface area contributed by atoms with E-state index in [1.54, 1.807) is 6.07 Å².